The molecule has 0 aliphatic rings. The van der Waals surface area contributed by atoms with E-state index in [4.69, 9.17) is 11.5 Å². The molecule has 0 aliphatic carbocycles. The molecule has 7 heteroatoms. The molecule has 7 nitrogen and oxygen atoms in total. The third kappa shape index (κ3) is 2.65. The fraction of sp³-hybridized carbons (Fsp3) is 0.250. The van der Waals surface area contributed by atoms with Crippen molar-refractivity contribution in [2.75, 3.05) is 11.1 Å². The Morgan fingerprint density at radius 1 is 1.47 bits per heavy atom. The monoisotopic (exact) mass is 260 g/mol. The number of nitrogen functional groups attached to an aromatic ring is 1. The highest BCUT2D eigenvalue weighted by Gasteiger charge is 2.13. The summed E-state index contributed by atoms with van der Waals surface area (Å²) < 4.78 is 1.83. The first-order valence-electron chi connectivity index (χ1n) is 5.79. The maximum Gasteiger partial charge on any atom is 0.248 e. The topological polar surface area (TPSA) is 112 Å². The van der Waals surface area contributed by atoms with E-state index < -0.39 is 5.91 Å². The molecule has 0 saturated heterocycles. The van der Waals surface area contributed by atoms with Gasteiger partial charge >= 0.3 is 0 Å². The zero-order valence-corrected chi connectivity index (χ0v) is 10.8. The van der Waals surface area contributed by atoms with Crippen LogP contribution in [0.25, 0.3) is 0 Å². The van der Waals surface area contributed by atoms with Gasteiger partial charge in [0.2, 0.25) is 5.91 Å². The van der Waals surface area contributed by atoms with Gasteiger partial charge in [0.05, 0.1) is 17.4 Å². The van der Waals surface area contributed by atoms with E-state index in [1.165, 1.54) is 0 Å². The van der Waals surface area contributed by atoms with Crippen LogP contribution in [-0.2, 0) is 7.05 Å². The Hall–Kier alpha value is -2.57. The van der Waals surface area contributed by atoms with Crippen molar-refractivity contribution in [3.8, 4) is 0 Å². The number of nitrogens with two attached hydrogens (primary N) is 2. The first kappa shape index (κ1) is 12.9. The Bertz CT molecular complexity index is 606. The van der Waals surface area contributed by atoms with Gasteiger partial charge in [-0.3, -0.25) is 4.79 Å². The van der Waals surface area contributed by atoms with Crippen molar-refractivity contribution in [1.29, 1.82) is 0 Å². The van der Waals surface area contributed by atoms with Crippen LogP contribution in [0.5, 0.6) is 0 Å². The zero-order chi connectivity index (χ0) is 14.0. The van der Waals surface area contributed by atoms with Crippen molar-refractivity contribution >= 4 is 17.3 Å². The second-order valence-electron chi connectivity index (χ2n) is 4.33. The first-order valence-corrected chi connectivity index (χ1v) is 5.79. The summed E-state index contributed by atoms with van der Waals surface area (Å²) in [6.45, 7) is 1.95. The summed E-state index contributed by atoms with van der Waals surface area (Å²) >= 11 is 0. The van der Waals surface area contributed by atoms with E-state index >= 15 is 0 Å². The number of benzene rings is 1. The Balaban J connectivity index is 2.20. The molecule has 0 aliphatic heterocycles. The quantitative estimate of drug-likeness (QED) is 0.699. The number of anilines is 2. The molecule has 1 aromatic carbocycles. The molecule has 0 spiro atoms. The van der Waals surface area contributed by atoms with E-state index in [2.05, 4.69) is 15.5 Å². The number of aryl methyl sites for hydroxylation is 1. The first-order chi connectivity index (χ1) is 8.99. The predicted octanol–water partition coefficient (Wildman–Crippen LogP) is 0.669. The molecule has 1 aromatic heterocycles. The van der Waals surface area contributed by atoms with E-state index in [1.807, 2.05) is 18.5 Å². The van der Waals surface area contributed by atoms with Crippen LogP contribution in [0.15, 0.2) is 24.5 Å². The third-order valence-corrected chi connectivity index (χ3v) is 2.84. The fourth-order valence-electron chi connectivity index (χ4n) is 1.83. The highest BCUT2D eigenvalue weighted by atomic mass is 16.1. The highest BCUT2D eigenvalue weighted by Crippen LogP contribution is 2.24. The van der Waals surface area contributed by atoms with Gasteiger partial charge in [0.25, 0.3) is 0 Å². The molecular formula is C12H16N6O. The maximum absolute atomic E-state index is 11.0. The van der Waals surface area contributed by atoms with Crippen molar-refractivity contribution < 1.29 is 4.79 Å². The van der Waals surface area contributed by atoms with Gasteiger partial charge < -0.3 is 21.4 Å². The molecule has 1 unspecified atom stereocenters. The molecule has 100 valence electrons. The van der Waals surface area contributed by atoms with E-state index in [-0.39, 0.29) is 6.04 Å². The van der Waals surface area contributed by atoms with E-state index in [9.17, 15) is 4.79 Å². The van der Waals surface area contributed by atoms with Crippen LogP contribution in [0.3, 0.4) is 0 Å². The molecule has 0 radical (unpaired) electrons. The van der Waals surface area contributed by atoms with Crippen molar-refractivity contribution in [2.24, 2.45) is 12.8 Å². The molecule has 0 saturated carbocycles. The van der Waals surface area contributed by atoms with Gasteiger partial charge in [0.1, 0.15) is 6.33 Å². The van der Waals surface area contributed by atoms with E-state index in [0.29, 0.717) is 11.3 Å². The average molecular weight is 260 g/mol. The molecule has 0 bridgehead atoms. The lowest BCUT2D eigenvalue weighted by Gasteiger charge is -2.16. The van der Waals surface area contributed by atoms with Crippen molar-refractivity contribution in [3.05, 3.63) is 35.9 Å². The summed E-state index contributed by atoms with van der Waals surface area (Å²) in [4.78, 5) is 11.0. The number of nitrogens with zero attached hydrogens (tertiary/aromatic N) is 3. The average Bonchev–Trinajstić information content (AvgIpc) is 2.77. The largest absolute Gasteiger partial charge is 0.397 e. The SMILES string of the molecule is CC(Nc1ccc(C(N)=O)cc1N)c1nncn1C. The third-order valence-electron chi connectivity index (χ3n) is 2.84. The van der Waals surface area contributed by atoms with Crippen LogP contribution >= 0.6 is 0 Å². The number of carbonyl (C=O) groups excluding carboxylic acids is 1. The second kappa shape index (κ2) is 4.97. The second-order valence-corrected chi connectivity index (χ2v) is 4.33. The molecule has 1 atom stereocenters. The molecule has 1 amide bonds. The number of aromatic nitrogens is 3. The van der Waals surface area contributed by atoms with Crippen LogP contribution in [0.4, 0.5) is 11.4 Å². The van der Waals surface area contributed by atoms with Gasteiger partial charge in [-0.05, 0) is 25.1 Å². The van der Waals surface area contributed by atoms with Crippen LogP contribution in [0.1, 0.15) is 29.1 Å². The van der Waals surface area contributed by atoms with Crippen LogP contribution in [0.2, 0.25) is 0 Å². The lowest BCUT2D eigenvalue weighted by molar-refractivity contribution is 0.100. The lowest BCUT2D eigenvalue weighted by atomic mass is 10.1. The summed E-state index contributed by atoms with van der Waals surface area (Å²) in [5, 5.41) is 11.1. The number of nitrogens with one attached hydrogen (secondary N) is 1. The number of amides is 1. The van der Waals surface area contributed by atoms with Gasteiger partial charge in [0, 0.05) is 12.6 Å². The van der Waals surface area contributed by atoms with Crippen molar-refractivity contribution in [3.63, 3.8) is 0 Å². The van der Waals surface area contributed by atoms with Gasteiger partial charge in [0.15, 0.2) is 5.82 Å². The fourth-order valence-corrected chi connectivity index (χ4v) is 1.83. The maximum atomic E-state index is 11.0. The van der Waals surface area contributed by atoms with Crippen LogP contribution in [-0.4, -0.2) is 20.7 Å². The van der Waals surface area contributed by atoms with Gasteiger partial charge in [-0.1, -0.05) is 0 Å². The van der Waals surface area contributed by atoms with Gasteiger partial charge in [-0.15, -0.1) is 10.2 Å². The summed E-state index contributed by atoms with van der Waals surface area (Å²) in [6.07, 6.45) is 1.63. The normalized spacial score (nSPS) is 12.1. The number of carbonyl (C=O) groups is 1. The number of primary amides is 1. The smallest absolute Gasteiger partial charge is 0.248 e. The minimum atomic E-state index is -0.500. The van der Waals surface area contributed by atoms with E-state index in [0.717, 1.165) is 11.5 Å². The Kier molecular flexibility index (Phi) is 3.37. The minimum Gasteiger partial charge on any atom is -0.397 e. The Morgan fingerprint density at radius 2 is 2.21 bits per heavy atom. The number of hydrogen-bond donors (Lipinski definition) is 3. The molecule has 19 heavy (non-hydrogen) atoms. The summed E-state index contributed by atoms with van der Waals surface area (Å²) in [5.41, 5.74) is 12.6. The Morgan fingerprint density at radius 3 is 2.74 bits per heavy atom. The number of hydrogen-bond acceptors (Lipinski definition) is 5. The summed E-state index contributed by atoms with van der Waals surface area (Å²) in [7, 11) is 1.87. The van der Waals surface area contributed by atoms with Crippen molar-refractivity contribution in [2.45, 2.75) is 13.0 Å². The summed E-state index contributed by atoms with van der Waals surface area (Å²) in [6, 6.07) is 4.84. The van der Waals surface area contributed by atoms with Crippen LogP contribution in [0, 0.1) is 0 Å². The van der Waals surface area contributed by atoms with E-state index in [1.54, 1.807) is 24.5 Å². The predicted molar refractivity (Wildman–Crippen MR) is 72.4 cm³/mol. The zero-order valence-electron chi connectivity index (χ0n) is 10.8. The molecule has 2 rings (SSSR count). The van der Waals surface area contributed by atoms with Crippen molar-refractivity contribution in [1.82, 2.24) is 14.8 Å². The standard InChI is InChI=1S/C12H16N6O/c1-7(12-17-15-6-18(12)2)16-10-4-3-8(11(14)19)5-9(10)13/h3-7,16H,13H2,1-2H3,(H2,14,19). The van der Waals surface area contributed by atoms with Crippen LogP contribution < -0.4 is 16.8 Å². The number of rotatable bonds is 4. The van der Waals surface area contributed by atoms with Gasteiger partial charge in [-0.2, -0.15) is 0 Å². The highest BCUT2D eigenvalue weighted by molar-refractivity contribution is 5.94. The molecule has 1 heterocycles. The molecule has 5 N–H and O–H groups in total. The minimum absolute atomic E-state index is 0.0609. The lowest BCUT2D eigenvalue weighted by Crippen LogP contribution is -2.14. The Labute approximate surface area is 110 Å². The molecular weight excluding hydrogens is 244 g/mol. The molecule has 2 aromatic rings. The van der Waals surface area contributed by atoms with Gasteiger partial charge in [-0.25, -0.2) is 0 Å². The summed E-state index contributed by atoms with van der Waals surface area (Å²) in [5.74, 6) is 0.290. The molecule has 0 fully saturated rings.